The molecule has 92 valence electrons. The second-order valence-corrected chi connectivity index (χ2v) is 5.97. The monoisotopic (exact) mass is 229 g/mol. The van der Waals surface area contributed by atoms with Crippen LogP contribution in [0.4, 0.5) is 0 Å². The number of hydrogen-bond donors (Lipinski definition) is 1. The van der Waals surface area contributed by atoms with E-state index in [0.717, 1.165) is 5.92 Å². The van der Waals surface area contributed by atoms with Crippen molar-refractivity contribution in [3.05, 3.63) is 35.4 Å². The zero-order valence-electron chi connectivity index (χ0n) is 10.6. The van der Waals surface area contributed by atoms with Gasteiger partial charge in [-0.3, -0.25) is 0 Å². The third-order valence-electron chi connectivity index (χ3n) is 4.58. The van der Waals surface area contributed by atoms with E-state index in [0.29, 0.717) is 0 Å². The van der Waals surface area contributed by atoms with Crippen LogP contribution >= 0.6 is 0 Å². The quantitative estimate of drug-likeness (QED) is 0.760. The Hall–Kier alpha value is -0.820. The maximum Gasteiger partial charge on any atom is 0.0411 e. The van der Waals surface area contributed by atoms with Crippen LogP contribution in [0.3, 0.4) is 0 Å². The molecular weight excluding hydrogens is 206 g/mol. The SMILES string of the molecule is NC1(c2cccc(C3CCCCCC3)c2)CC1. The first-order valence-electron chi connectivity index (χ1n) is 7.17. The van der Waals surface area contributed by atoms with Crippen molar-refractivity contribution in [3.63, 3.8) is 0 Å². The van der Waals surface area contributed by atoms with Gasteiger partial charge < -0.3 is 5.73 Å². The molecule has 17 heavy (non-hydrogen) atoms. The van der Waals surface area contributed by atoms with Gasteiger partial charge in [0.05, 0.1) is 0 Å². The molecular formula is C16H23N. The van der Waals surface area contributed by atoms with Crippen LogP contribution < -0.4 is 5.73 Å². The number of hydrogen-bond acceptors (Lipinski definition) is 1. The summed E-state index contributed by atoms with van der Waals surface area (Å²) < 4.78 is 0. The molecule has 0 bridgehead atoms. The molecule has 0 saturated heterocycles. The fourth-order valence-electron chi connectivity index (χ4n) is 3.14. The molecule has 0 aliphatic heterocycles. The Morgan fingerprint density at radius 3 is 2.35 bits per heavy atom. The fourth-order valence-corrected chi connectivity index (χ4v) is 3.14. The summed E-state index contributed by atoms with van der Waals surface area (Å²) in [4.78, 5) is 0. The molecule has 0 heterocycles. The largest absolute Gasteiger partial charge is 0.321 e. The molecule has 2 aliphatic rings. The summed E-state index contributed by atoms with van der Waals surface area (Å²) in [6, 6.07) is 9.13. The van der Waals surface area contributed by atoms with E-state index in [1.165, 1.54) is 56.9 Å². The molecule has 1 aromatic rings. The maximum absolute atomic E-state index is 6.30. The third kappa shape index (κ3) is 2.40. The van der Waals surface area contributed by atoms with Crippen LogP contribution in [-0.2, 0) is 5.54 Å². The van der Waals surface area contributed by atoms with Crippen molar-refractivity contribution in [2.45, 2.75) is 62.8 Å². The Labute approximate surface area is 104 Å². The van der Waals surface area contributed by atoms with Crippen LogP contribution in [0, 0.1) is 0 Å². The summed E-state index contributed by atoms with van der Waals surface area (Å²) in [6.45, 7) is 0. The van der Waals surface area contributed by atoms with E-state index < -0.39 is 0 Å². The highest BCUT2D eigenvalue weighted by Gasteiger charge is 2.40. The van der Waals surface area contributed by atoms with Gasteiger partial charge >= 0.3 is 0 Å². The summed E-state index contributed by atoms with van der Waals surface area (Å²) in [5.41, 5.74) is 9.24. The number of benzene rings is 1. The molecule has 0 atom stereocenters. The predicted octanol–water partition coefficient (Wildman–Crippen LogP) is 4.07. The Bertz CT molecular complexity index is 384. The second kappa shape index (κ2) is 4.45. The summed E-state index contributed by atoms with van der Waals surface area (Å²) >= 11 is 0. The normalized spacial score (nSPS) is 24.3. The number of nitrogens with two attached hydrogens (primary N) is 1. The van der Waals surface area contributed by atoms with E-state index in [1.807, 2.05) is 0 Å². The van der Waals surface area contributed by atoms with Gasteiger partial charge in [0.15, 0.2) is 0 Å². The molecule has 1 nitrogen and oxygen atoms in total. The molecule has 1 heteroatoms. The highest BCUT2D eigenvalue weighted by Crippen LogP contribution is 2.43. The van der Waals surface area contributed by atoms with Crippen LogP contribution in [0.5, 0.6) is 0 Å². The van der Waals surface area contributed by atoms with E-state index in [4.69, 9.17) is 5.73 Å². The molecule has 0 aromatic heterocycles. The van der Waals surface area contributed by atoms with Crippen LogP contribution in [0.2, 0.25) is 0 Å². The minimum absolute atomic E-state index is 0.0285. The minimum Gasteiger partial charge on any atom is -0.321 e. The first-order chi connectivity index (χ1) is 8.28. The van der Waals surface area contributed by atoms with Crippen molar-refractivity contribution >= 4 is 0 Å². The zero-order valence-corrected chi connectivity index (χ0v) is 10.6. The van der Waals surface area contributed by atoms with Gasteiger partial charge in [0.25, 0.3) is 0 Å². The molecule has 0 amide bonds. The van der Waals surface area contributed by atoms with E-state index in [-0.39, 0.29) is 5.54 Å². The van der Waals surface area contributed by atoms with Gasteiger partial charge in [-0.15, -0.1) is 0 Å². The van der Waals surface area contributed by atoms with Gasteiger partial charge in [0.1, 0.15) is 0 Å². The smallest absolute Gasteiger partial charge is 0.0411 e. The van der Waals surface area contributed by atoms with Crippen molar-refractivity contribution < 1.29 is 0 Å². The molecule has 2 saturated carbocycles. The Kier molecular flexibility index (Phi) is 2.96. The first kappa shape index (κ1) is 11.3. The van der Waals surface area contributed by atoms with Crippen molar-refractivity contribution in [2.24, 2.45) is 5.73 Å². The van der Waals surface area contributed by atoms with Crippen molar-refractivity contribution in [2.75, 3.05) is 0 Å². The average Bonchev–Trinajstić information content (AvgIpc) is 3.14. The molecule has 2 aliphatic carbocycles. The lowest BCUT2D eigenvalue weighted by Crippen LogP contribution is -2.18. The summed E-state index contributed by atoms with van der Waals surface area (Å²) in [5, 5.41) is 0. The lowest BCUT2D eigenvalue weighted by atomic mass is 9.89. The summed E-state index contributed by atoms with van der Waals surface area (Å²) in [6.07, 6.45) is 10.8. The van der Waals surface area contributed by atoms with Crippen molar-refractivity contribution in [1.29, 1.82) is 0 Å². The second-order valence-electron chi connectivity index (χ2n) is 5.97. The summed E-state index contributed by atoms with van der Waals surface area (Å²) in [5.74, 6) is 0.791. The van der Waals surface area contributed by atoms with E-state index in [9.17, 15) is 0 Å². The molecule has 2 N–H and O–H groups in total. The van der Waals surface area contributed by atoms with Crippen LogP contribution in [0.1, 0.15) is 68.4 Å². The third-order valence-corrected chi connectivity index (χ3v) is 4.58. The first-order valence-corrected chi connectivity index (χ1v) is 7.17. The van der Waals surface area contributed by atoms with Gasteiger partial charge in [-0.25, -0.2) is 0 Å². The Morgan fingerprint density at radius 1 is 1.00 bits per heavy atom. The van der Waals surface area contributed by atoms with Gasteiger partial charge in [-0.2, -0.15) is 0 Å². The fraction of sp³-hybridized carbons (Fsp3) is 0.625. The zero-order chi connectivity index (χ0) is 11.7. The van der Waals surface area contributed by atoms with Crippen LogP contribution in [0.25, 0.3) is 0 Å². The van der Waals surface area contributed by atoms with Gasteiger partial charge in [-0.1, -0.05) is 49.9 Å². The summed E-state index contributed by atoms with van der Waals surface area (Å²) in [7, 11) is 0. The highest BCUT2D eigenvalue weighted by atomic mass is 14.8. The maximum atomic E-state index is 6.30. The Morgan fingerprint density at radius 2 is 1.71 bits per heavy atom. The molecule has 0 spiro atoms. The van der Waals surface area contributed by atoms with Gasteiger partial charge in [0, 0.05) is 5.54 Å². The van der Waals surface area contributed by atoms with E-state index in [1.54, 1.807) is 5.56 Å². The van der Waals surface area contributed by atoms with Crippen LogP contribution in [0.15, 0.2) is 24.3 Å². The van der Waals surface area contributed by atoms with Gasteiger partial charge in [-0.05, 0) is 42.7 Å². The molecule has 0 radical (unpaired) electrons. The lowest BCUT2D eigenvalue weighted by molar-refractivity contribution is 0.590. The minimum atomic E-state index is 0.0285. The molecule has 3 rings (SSSR count). The molecule has 2 fully saturated rings. The Balaban J connectivity index is 1.81. The standard InChI is InChI=1S/C16H23N/c17-16(10-11-16)15-9-5-8-14(12-15)13-6-3-1-2-4-7-13/h5,8-9,12-13H,1-4,6-7,10-11,17H2. The van der Waals surface area contributed by atoms with Gasteiger partial charge in [0.2, 0.25) is 0 Å². The van der Waals surface area contributed by atoms with E-state index in [2.05, 4.69) is 24.3 Å². The number of rotatable bonds is 2. The van der Waals surface area contributed by atoms with Crippen LogP contribution in [-0.4, -0.2) is 0 Å². The van der Waals surface area contributed by atoms with Crippen molar-refractivity contribution in [1.82, 2.24) is 0 Å². The van der Waals surface area contributed by atoms with E-state index >= 15 is 0 Å². The highest BCUT2D eigenvalue weighted by molar-refractivity contribution is 5.34. The molecule has 0 unspecified atom stereocenters. The predicted molar refractivity (Wildman–Crippen MR) is 72.0 cm³/mol. The topological polar surface area (TPSA) is 26.0 Å². The molecule has 1 aromatic carbocycles. The van der Waals surface area contributed by atoms with Crippen molar-refractivity contribution in [3.8, 4) is 0 Å². The average molecular weight is 229 g/mol. The lowest BCUT2D eigenvalue weighted by Gasteiger charge is -2.17.